The zero-order valence-electron chi connectivity index (χ0n) is 18.6. The predicted octanol–water partition coefficient (Wildman–Crippen LogP) is 3.33. The number of aromatic amines is 1. The minimum atomic E-state index is -0.351. The van der Waals surface area contributed by atoms with E-state index in [2.05, 4.69) is 15.3 Å². The standard InChI is InChI=1S/C22H26N4O4S2/c1-12-13(2)32-22-19(12)21(29)24-17(25-22)11-31-14(3)20(28)23-15-6-8-16(9-7-15)30-10-18(27)26(4)5/h6-9,14H,10-11H2,1-5H3,(H,23,28)(H,24,25,29). The molecule has 170 valence electrons. The van der Waals surface area contributed by atoms with Gasteiger partial charge in [-0.05, 0) is 50.6 Å². The molecular weight excluding hydrogens is 448 g/mol. The number of aromatic nitrogens is 2. The Labute approximate surface area is 194 Å². The Morgan fingerprint density at radius 2 is 1.94 bits per heavy atom. The van der Waals surface area contributed by atoms with Crippen molar-refractivity contribution in [3.05, 3.63) is 50.9 Å². The van der Waals surface area contributed by atoms with Crippen molar-refractivity contribution >= 4 is 50.8 Å². The van der Waals surface area contributed by atoms with Crippen LogP contribution >= 0.6 is 23.1 Å². The van der Waals surface area contributed by atoms with Crippen LogP contribution in [0, 0.1) is 13.8 Å². The van der Waals surface area contributed by atoms with E-state index in [0.29, 0.717) is 28.4 Å². The number of thiophene rings is 1. The quantitative estimate of drug-likeness (QED) is 0.519. The number of H-pyrrole nitrogens is 1. The van der Waals surface area contributed by atoms with E-state index >= 15 is 0 Å². The van der Waals surface area contributed by atoms with Crippen molar-refractivity contribution in [2.24, 2.45) is 0 Å². The van der Waals surface area contributed by atoms with Crippen molar-refractivity contribution in [1.29, 1.82) is 0 Å². The first-order valence-electron chi connectivity index (χ1n) is 10.00. The number of nitrogens with zero attached hydrogens (tertiary/aromatic N) is 2. The molecule has 2 N–H and O–H groups in total. The van der Waals surface area contributed by atoms with Crippen LogP contribution in [0.3, 0.4) is 0 Å². The molecule has 1 unspecified atom stereocenters. The fourth-order valence-corrected chi connectivity index (χ4v) is 4.60. The molecule has 0 aliphatic heterocycles. The third-order valence-corrected chi connectivity index (χ3v) is 7.17. The van der Waals surface area contributed by atoms with E-state index in [1.165, 1.54) is 28.0 Å². The van der Waals surface area contributed by atoms with E-state index < -0.39 is 0 Å². The SMILES string of the molecule is Cc1sc2nc(CSC(C)C(=O)Nc3ccc(OCC(=O)N(C)C)cc3)[nH]c(=O)c2c1C. The number of nitrogens with one attached hydrogen (secondary N) is 2. The predicted molar refractivity (Wildman–Crippen MR) is 130 cm³/mol. The summed E-state index contributed by atoms with van der Waals surface area (Å²) < 4.78 is 5.43. The van der Waals surface area contributed by atoms with E-state index in [4.69, 9.17) is 4.74 Å². The van der Waals surface area contributed by atoms with Crippen LogP contribution < -0.4 is 15.6 Å². The zero-order chi connectivity index (χ0) is 23.4. The first-order valence-corrected chi connectivity index (χ1v) is 11.9. The maximum atomic E-state index is 12.5. The second kappa shape index (κ2) is 10.2. The topological polar surface area (TPSA) is 104 Å². The molecule has 3 aromatic rings. The van der Waals surface area contributed by atoms with Crippen molar-refractivity contribution < 1.29 is 14.3 Å². The molecule has 0 aliphatic rings. The van der Waals surface area contributed by atoms with E-state index in [0.717, 1.165) is 15.3 Å². The molecule has 2 heterocycles. The molecule has 8 nitrogen and oxygen atoms in total. The Morgan fingerprint density at radius 3 is 2.59 bits per heavy atom. The van der Waals surface area contributed by atoms with Crippen LogP contribution in [-0.4, -0.2) is 52.6 Å². The number of amides is 2. The van der Waals surface area contributed by atoms with Crippen LogP contribution in [0.15, 0.2) is 29.1 Å². The normalized spacial score (nSPS) is 11.9. The highest BCUT2D eigenvalue weighted by molar-refractivity contribution is 7.99. The monoisotopic (exact) mass is 474 g/mol. The van der Waals surface area contributed by atoms with Gasteiger partial charge in [-0.1, -0.05) is 0 Å². The van der Waals surface area contributed by atoms with E-state index in [1.54, 1.807) is 45.3 Å². The molecule has 0 bridgehead atoms. The second-order valence-electron chi connectivity index (χ2n) is 7.52. The highest BCUT2D eigenvalue weighted by Gasteiger charge is 2.16. The Kier molecular flexibility index (Phi) is 7.57. The molecule has 2 aromatic heterocycles. The minimum absolute atomic E-state index is 0.0428. The van der Waals surface area contributed by atoms with Crippen molar-refractivity contribution in [2.75, 3.05) is 26.0 Å². The lowest BCUT2D eigenvalue weighted by atomic mass is 10.2. The lowest BCUT2D eigenvalue weighted by Gasteiger charge is -2.13. The van der Waals surface area contributed by atoms with Gasteiger partial charge in [0.25, 0.3) is 11.5 Å². The van der Waals surface area contributed by atoms with E-state index in [9.17, 15) is 14.4 Å². The number of hydrogen-bond donors (Lipinski definition) is 2. The Bertz CT molecular complexity index is 1190. The second-order valence-corrected chi connectivity index (χ2v) is 10.1. The van der Waals surface area contributed by atoms with Gasteiger partial charge in [-0.15, -0.1) is 23.1 Å². The molecule has 0 fully saturated rings. The molecule has 0 aliphatic carbocycles. The lowest BCUT2D eigenvalue weighted by molar-refractivity contribution is -0.130. The summed E-state index contributed by atoms with van der Waals surface area (Å²) in [6.45, 7) is 5.66. The highest BCUT2D eigenvalue weighted by Crippen LogP contribution is 2.26. The van der Waals surface area contributed by atoms with Gasteiger partial charge in [0.1, 0.15) is 16.4 Å². The third-order valence-electron chi connectivity index (χ3n) is 4.91. The molecule has 1 aromatic carbocycles. The van der Waals surface area contributed by atoms with E-state index in [-0.39, 0.29) is 29.2 Å². The molecule has 10 heteroatoms. The first-order chi connectivity index (χ1) is 15.2. The van der Waals surface area contributed by atoms with Gasteiger partial charge in [0.2, 0.25) is 5.91 Å². The van der Waals surface area contributed by atoms with Gasteiger partial charge in [0.05, 0.1) is 16.4 Å². The minimum Gasteiger partial charge on any atom is -0.484 e. The summed E-state index contributed by atoms with van der Waals surface area (Å²) in [5, 5.41) is 3.15. The molecule has 1 atom stereocenters. The van der Waals surface area contributed by atoms with Gasteiger partial charge >= 0.3 is 0 Å². The molecule has 0 saturated carbocycles. The number of fused-ring (bicyclic) bond motifs is 1. The number of anilines is 1. The number of hydrogen-bond acceptors (Lipinski definition) is 7. The number of ether oxygens (including phenoxy) is 1. The fraction of sp³-hybridized carbons (Fsp3) is 0.364. The van der Waals surface area contributed by atoms with Gasteiger partial charge < -0.3 is 19.9 Å². The summed E-state index contributed by atoms with van der Waals surface area (Å²) in [6.07, 6.45) is 0. The molecule has 3 rings (SSSR count). The Morgan fingerprint density at radius 1 is 1.25 bits per heavy atom. The van der Waals surface area contributed by atoms with Crippen molar-refractivity contribution in [3.63, 3.8) is 0 Å². The van der Waals surface area contributed by atoms with E-state index in [1.807, 2.05) is 13.8 Å². The van der Waals surface area contributed by atoms with Gasteiger partial charge in [0, 0.05) is 24.7 Å². The maximum absolute atomic E-state index is 12.5. The largest absolute Gasteiger partial charge is 0.484 e. The summed E-state index contributed by atoms with van der Waals surface area (Å²) in [5.41, 5.74) is 1.46. The maximum Gasteiger partial charge on any atom is 0.259 e. The summed E-state index contributed by atoms with van der Waals surface area (Å²) in [7, 11) is 3.33. The van der Waals surface area contributed by atoms with Crippen LogP contribution in [0.2, 0.25) is 0 Å². The van der Waals surface area contributed by atoms with Gasteiger partial charge in [-0.25, -0.2) is 4.98 Å². The average molecular weight is 475 g/mol. The zero-order valence-corrected chi connectivity index (χ0v) is 20.3. The number of aryl methyl sites for hydroxylation is 2. The van der Waals surface area contributed by atoms with Gasteiger partial charge in [-0.2, -0.15) is 0 Å². The molecule has 32 heavy (non-hydrogen) atoms. The first kappa shape index (κ1) is 23.8. The smallest absolute Gasteiger partial charge is 0.259 e. The number of thioether (sulfide) groups is 1. The lowest BCUT2D eigenvalue weighted by Crippen LogP contribution is -2.27. The fourth-order valence-electron chi connectivity index (χ4n) is 2.80. The van der Waals surface area contributed by atoms with Gasteiger partial charge in [0.15, 0.2) is 6.61 Å². The summed E-state index contributed by atoms with van der Waals surface area (Å²) in [5.74, 6) is 1.24. The van der Waals surface area contributed by atoms with Crippen LogP contribution in [-0.2, 0) is 15.3 Å². The summed E-state index contributed by atoms with van der Waals surface area (Å²) in [6, 6.07) is 6.84. The van der Waals surface area contributed by atoms with Crippen LogP contribution in [0.25, 0.3) is 10.2 Å². The average Bonchev–Trinajstić information content (AvgIpc) is 3.04. The number of likely N-dealkylation sites (N-methyl/N-ethyl adjacent to an activating group) is 1. The number of rotatable bonds is 8. The molecule has 0 spiro atoms. The molecule has 2 amide bonds. The van der Waals surface area contributed by atoms with Crippen molar-refractivity contribution in [1.82, 2.24) is 14.9 Å². The van der Waals surface area contributed by atoms with Crippen LogP contribution in [0.1, 0.15) is 23.2 Å². The van der Waals surface area contributed by atoms with Crippen molar-refractivity contribution in [3.8, 4) is 5.75 Å². The van der Waals surface area contributed by atoms with Crippen molar-refractivity contribution in [2.45, 2.75) is 31.8 Å². The molecule has 0 radical (unpaired) electrons. The summed E-state index contributed by atoms with van der Waals surface area (Å²) in [4.78, 5) is 47.2. The third kappa shape index (κ3) is 5.68. The summed E-state index contributed by atoms with van der Waals surface area (Å²) >= 11 is 2.90. The molecular formula is C22H26N4O4S2. The Hall–Kier alpha value is -2.85. The Balaban J connectivity index is 1.54. The van der Waals surface area contributed by atoms with Crippen LogP contribution in [0.4, 0.5) is 5.69 Å². The number of benzene rings is 1. The van der Waals surface area contributed by atoms with Gasteiger partial charge in [-0.3, -0.25) is 14.4 Å². The number of carbonyl (C=O) groups excluding carboxylic acids is 2. The molecule has 0 saturated heterocycles. The van der Waals surface area contributed by atoms with Crippen LogP contribution in [0.5, 0.6) is 5.75 Å². The number of carbonyl (C=O) groups is 2. The highest BCUT2D eigenvalue weighted by atomic mass is 32.2.